The number of thiophene rings is 1. The summed E-state index contributed by atoms with van der Waals surface area (Å²) in [7, 11) is 0. The van der Waals surface area contributed by atoms with Crippen molar-refractivity contribution in [1.29, 1.82) is 0 Å². The Balaban J connectivity index is 2.25. The third kappa shape index (κ3) is 2.69. The number of carbonyl (C=O) groups is 1. The molecule has 0 N–H and O–H groups in total. The molecule has 1 unspecified atom stereocenters. The van der Waals surface area contributed by atoms with Gasteiger partial charge >= 0.3 is 0 Å². The highest BCUT2D eigenvalue weighted by Crippen LogP contribution is 2.46. The van der Waals surface area contributed by atoms with E-state index >= 15 is 0 Å². The monoisotopic (exact) mass is 298 g/mol. The highest BCUT2D eigenvalue weighted by atomic mass is 32.1. The number of carbonyl (C=O) groups excluding carboxylic acids is 1. The molecule has 0 fully saturated rings. The van der Waals surface area contributed by atoms with E-state index in [0.29, 0.717) is 5.92 Å². The Kier molecular flexibility index (Phi) is 3.53. The minimum Gasteiger partial charge on any atom is -0.294 e. The van der Waals surface area contributed by atoms with Gasteiger partial charge in [-0.2, -0.15) is 0 Å². The number of Topliss-reactive ketones (excluding diaryl/α,β-unsaturated/α-hetero) is 1. The fourth-order valence-corrected chi connectivity index (χ4v) is 4.81. The lowest BCUT2D eigenvalue weighted by Gasteiger charge is -2.32. The third-order valence-corrected chi connectivity index (χ3v) is 5.71. The Morgan fingerprint density at radius 3 is 2.71 bits per heavy atom. The lowest BCUT2D eigenvalue weighted by Crippen LogP contribution is -2.20. The van der Waals surface area contributed by atoms with E-state index in [2.05, 4.69) is 51.1 Å². The van der Waals surface area contributed by atoms with Crippen LogP contribution in [0.15, 0.2) is 30.3 Å². The first-order valence-electron chi connectivity index (χ1n) is 7.60. The molecule has 0 saturated heterocycles. The van der Waals surface area contributed by atoms with Gasteiger partial charge in [0.25, 0.3) is 0 Å². The first kappa shape index (κ1) is 14.5. The zero-order chi connectivity index (χ0) is 15.2. The average molecular weight is 298 g/mol. The van der Waals surface area contributed by atoms with Crippen molar-refractivity contribution in [2.75, 3.05) is 0 Å². The predicted octanol–water partition coefficient (Wildman–Crippen LogP) is 5.69. The van der Waals surface area contributed by atoms with Crippen LogP contribution in [0, 0.1) is 5.41 Å². The van der Waals surface area contributed by atoms with Gasteiger partial charge in [0.05, 0.1) is 4.88 Å². The Morgan fingerprint density at radius 1 is 1.29 bits per heavy atom. The molecule has 0 radical (unpaired) electrons. The van der Waals surface area contributed by atoms with Crippen LogP contribution in [-0.2, 0) is 6.42 Å². The second-order valence-electron chi connectivity index (χ2n) is 7.05. The van der Waals surface area contributed by atoms with Gasteiger partial charge in [0.15, 0.2) is 5.78 Å². The zero-order valence-electron chi connectivity index (χ0n) is 13.2. The number of ketones is 1. The summed E-state index contributed by atoms with van der Waals surface area (Å²) in [6.45, 7) is 8.66. The maximum absolute atomic E-state index is 11.8. The van der Waals surface area contributed by atoms with E-state index in [0.717, 1.165) is 17.7 Å². The van der Waals surface area contributed by atoms with E-state index in [4.69, 9.17) is 0 Å². The van der Waals surface area contributed by atoms with Gasteiger partial charge in [-0.15, -0.1) is 11.3 Å². The van der Waals surface area contributed by atoms with Gasteiger partial charge < -0.3 is 0 Å². The standard InChI is InChI=1S/C19H22OS/c1-12-10-19(3,4)11-14-7-5-6-8-15(14)18-16(12)9-17(21-18)13(2)20/h5-9,12H,10-11H2,1-4H3. The van der Waals surface area contributed by atoms with Crippen LogP contribution < -0.4 is 0 Å². The smallest absolute Gasteiger partial charge is 0.169 e. The van der Waals surface area contributed by atoms with Crippen LogP contribution in [0.25, 0.3) is 10.4 Å². The highest BCUT2D eigenvalue weighted by molar-refractivity contribution is 7.17. The van der Waals surface area contributed by atoms with Gasteiger partial charge in [0.1, 0.15) is 0 Å². The van der Waals surface area contributed by atoms with E-state index in [-0.39, 0.29) is 11.2 Å². The molecule has 1 nitrogen and oxygen atoms in total. The minimum absolute atomic E-state index is 0.177. The van der Waals surface area contributed by atoms with Crippen LogP contribution in [0.1, 0.15) is 60.8 Å². The first-order valence-corrected chi connectivity index (χ1v) is 8.42. The Hall–Kier alpha value is -1.41. The second-order valence-corrected chi connectivity index (χ2v) is 8.11. The fourth-order valence-electron chi connectivity index (χ4n) is 3.58. The lowest BCUT2D eigenvalue weighted by molar-refractivity contribution is 0.102. The van der Waals surface area contributed by atoms with E-state index in [1.54, 1.807) is 18.3 Å². The summed E-state index contributed by atoms with van der Waals surface area (Å²) in [5.74, 6) is 0.670. The topological polar surface area (TPSA) is 17.1 Å². The number of fused-ring (bicyclic) bond motifs is 3. The highest BCUT2D eigenvalue weighted by Gasteiger charge is 2.30. The van der Waals surface area contributed by atoms with Gasteiger partial charge in [-0.05, 0) is 53.9 Å². The van der Waals surface area contributed by atoms with Crippen molar-refractivity contribution in [2.45, 2.75) is 46.5 Å². The Labute approximate surface area is 131 Å². The molecule has 0 aliphatic heterocycles. The molecule has 3 rings (SSSR count). The van der Waals surface area contributed by atoms with Crippen molar-refractivity contribution in [3.63, 3.8) is 0 Å². The summed E-state index contributed by atoms with van der Waals surface area (Å²) in [5.41, 5.74) is 4.37. The molecule has 21 heavy (non-hydrogen) atoms. The molecule has 2 aromatic rings. The molecule has 2 heteroatoms. The van der Waals surface area contributed by atoms with Gasteiger partial charge in [-0.3, -0.25) is 4.79 Å². The van der Waals surface area contributed by atoms with E-state index in [9.17, 15) is 4.79 Å². The SMILES string of the molecule is CC(=O)c1cc2c(s1)-c1ccccc1CC(C)(C)CC2C. The zero-order valence-corrected chi connectivity index (χ0v) is 14.0. The fraction of sp³-hybridized carbons (Fsp3) is 0.421. The van der Waals surface area contributed by atoms with Gasteiger partial charge in [-0.1, -0.05) is 45.0 Å². The van der Waals surface area contributed by atoms with Crippen LogP contribution >= 0.6 is 11.3 Å². The molecular formula is C19H22OS. The lowest BCUT2D eigenvalue weighted by atomic mass is 9.73. The van der Waals surface area contributed by atoms with Crippen molar-refractivity contribution >= 4 is 17.1 Å². The molecule has 0 amide bonds. The Bertz CT molecular complexity index is 693. The third-order valence-electron chi connectivity index (χ3n) is 4.43. The maximum Gasteiger partial charge on any atom is 0.169 e. The van der Waals surface area contributed by atoms with Crippen molar-refractivity contribution in [2.24, 2.45) is 5.41 Å². The molecule has 0 spiro atoms. The van der Waals surface area contributed by atoms with Crippen molar-refractivity contribution in [3.8, 4) is 10.4 Å². The van der Waals surface area contributed by atoms with Gasteiger partial charge in [-0.25, -0.2) is 0 Å². The van der Waals surface area contributed by atoms with E-state index in [1.165, 1.54) is 21.6 Å². The normalized spacial score (nSPS) is 20.1. The number of hydrogen-bond donors (Lipinski definition) is 0. The van der Waals surface area contributed by atoms with Crippen molar-refractivity contribution in [1.82, 2.24) is 0 Å². The van der Waals surface area contributed by atoms with Gasteiger partial charge in [0, 0.05) is 4.88 Å². The molecule has 1 aliphatic rings. The van der Waals surface area contributed by atoms with E-state index < -0.39 is 0 Å². The molecule has 1 aromatic heterocycles. The van der Waals surface area contributed by atoms with Crippen LogP contribution in [0.4, 0.5) is 0 Å². The molecular weight excluding hydrogens is 276 g/mol. The quantitative estimate of drug-likeness (QED) is 0.618. The minimum atomic E-state index is 0.177. The summed E-state index contributed by atoms with van der Waals surface area (Å²) < 4.78 is 0. The molecule has 110 valence electrons. The van der Waals surface area contributed by atoms with Crippen molar-refractivity contribution in [3.05, 3.63) is 46.3 Å². The molecule has 0 bridgehead atoms. The number of hydrogen-bond acceptors (Lipinski definition) is 2. The summed E-state index contributed by atoms with van der Waals surface area (Å²) in [6, 6.07) is 10.8. The summed E-state index contributed by atoms with van der Waals surface area (Å²) >= 11 is 1.66. The molecule has 0 saturated carbocycles. The largest absolute Gasteiger partial charge is 0.294 e. The molecule has 1 atom stereocenters. The van der Waals surface area contributed by atoms with Crippen LogP contribution in [0.2, 0.25) is 0 Å². The van der Waals surface area contributed by atoms with Crippen molar-refractivity contribution < 1.29 is 4.79 Å². The first-order chi connectivity index (χ1) is 9.87. The maximum atomic E-state index is 11.8. The summed E-state index contributed by atoms with van der Waals surface area (Å²) in [6.07, 6.45) is 2.25. The van der Waals surface area contributed by atoms with Gasteiger partial charge in [0.2, 0.25) is 0 Å². The van der Waals surface area contributed by atoms with E-state index in [1.807, 2.05) is 0 Å². The summed E-state index contributed by atoms with van der Waals surface area (Å²) in [4.78, 5) is 14.0. The molecule has 1 heterocycles. The van der Waals surface area contributed by atoms with Crippen LogP contribution in [0.5, 0.6) is 0 Å². The average Bonchev–Trinajstić information content (AvgIpc) is 2.82. The number of benzene rings is 1. The van der Waals surface area contributed by atoms with Crippen LogP contribution in [0.3, 0.4) is 0 Å². The second kappa shape index (κ2) is 5.10. The Morgan fingerprint density at radius 2 is 2.00 bits per heavy atom. The summed E-state index contributed by atoms with van der Waals surface area (Å²) in [5, 5.41) is 0. The predicted molar refractivity (Wildman–Crippen MR) is 90.3 cm³/mol. The molecule has 1 aromatic carbocycles. The number of rotatable bonds is 1. The van der Waals surface area contributed by atoms with Crippen LogP contribution in [-0.4, -0.2) is 5.78 Å². The molecule has 1 aliphatic carbocycles.